The summed E-state index contributed by atoms with van der Waals surface area (Å²) in [6.07, 6.45) is 1.71. The molecule has 2 aromatic carbocycles. The average Bonchev–Trinajstić information content (AvgIpc) is 3.31. The van der Waals surface area contributed by atoms with E-state index in [2.05, 4.69) is 28.2 Å². The van der Waals surface area contributed by atoms with E-state index in [4.69, 9.17) is 35.9 Å². The highest BCUT2D eigenvalue weighted by Gasteiger charge is 2.36. The smallest absolute Gasteiger partial charge is 0.338 e. The molecule has 8 nitrogen and oxygen atoms in total. The van der Waals surface area contributed by atoms with Gasteiger partial charge in [0.1, 0.15) is 6.04 Å². The summed E-state index contributed by atoms with van der Waals surface area (Å²) in [5.74, 6) is 1.93. The van der Waals surface area contributed by atoms with E-state index in [1.165, 1.54) is 11.8 Å². The van der Waals surface area contributed by atoms with Gasteiger partial charge in [0.25, 0.3) is 0 Å². The fraction of sp³-hybridized carbons (Fsp3) is 0.393. The summed E-state index contributed by atoms with van der Waals surface area (Å²) in [5.41, 5.74) is 2.90. The van der Waals surface area contributed by atoms with Crippen molar-refractivity contribution in [1.82, 2.24) is 14.8 Å². The van der Waals surface area contributed by atoms with Crippen LogP contribution in [0.2, 0.25) is 5.02 Å². The Morgan fingerprint density at radius 3 is 2.67 bits per heavy atom. The lowest BCUT2D eigenvalue weighted by atomic mass is 9.95. The molecule has 3 aromatic rings. The molecule has 0 fully saturated rings. The third-order valence-corrected chi connectivity index (χ3v) is 7.88. The molecule has 1 N–H and O–H groups in total. The monoisotopic (exact) mass is 634 g/mol. The molecule has 1 aromatic heterocycles. The average molecular weight is 636 g/mol. The van der Waals surface area contributed by atoms with Crippen LogP contribution in [0.4, 0.5) is 5.95 Å². The highest BCUT2D eigenvalue weighted by atomic mass is 79.9. The predicted molar refractivity (Wildman–Crippen MR) is 158 cm³/mol. The normalized spacial score (nSPS) is 14.6. The van der Waals surface area contributed by atoms with E-state index in [9.17, 15) is 4.79 Å². The summed E-state index contributed by atoms with van der Waals surface area (Å²) in [6.45, 7) is 9.03. The number of ether oxygens (including phenoxy) is 3. The maximum absolute atomic E-state index is 13.4. The first-order valence-corrected chi connectivity index (χ1v) is 15.1. The standard InChI is InChI=1S/C28H32BrClN4O4S/c1-5-8-13-38-26(35)23-17(4)31-27-32-28(39-16-18-11-9-10-12-21(18)30)33-34(27)24(23)19-14-20(29)25(37-7-3)22(15-19)36-6-2/h9-12,14-15,24H,5-8,13,16H2,1-4H3,(H,31,32,33). The lowest BCUT2D eigenvalue weighted by Gasteiger charge is -2.29. The largest absolute Gasteiger partial charge is 0.490 e. The van der Waals surface area contributed by atoms with Crippen molar-refractivity contribution in [3.8, 4) is 11.5 Å². The van der Waals surface area contributed by atoms with Crippen LogP contribution in [-0.2, 0) is 15.3 Å². The molecule has 1 unspecified atom stereocenters. The van der Waals surface area contributed by atoms with Crippen molar-refractivity contribution in [1.29, 1.82) is 0 Å². The number of anilines is 1. The predicted octanol–water partition coefficient (Wildman–Crippen LogP) is 7.42. The number of halogens is 2. The summed E-state index contributed by atoms with van der Waals surface area (Å²) in [6, 6.07) is 10.9. The molecule has 4 rings (SSSR count). The number of nitrogens with zero attached hydrogens (tertiary/aromatic N) is 3. The van der Waals surface area contributed by atoms with Crippen molar-refractivity contribution in [2.45, 2.75) is 57.5 Å². The minimum Gasteiger partial charge on any atom is -0.490 e. The van der Waals surface area contributed by atoms with Crippen LogP contribution in [0.3, 0.4) is 0 Å². The minimum atomic E-state index is -0.594. The highest BCUT2D eigenvalue weighted by Crippen LogP contribution is 2.43. The third kappa shape index (κ3) is 6.73. The number of nitrogens with one attached hydrogen (secondary N) is 1. The van der Waals surface area contributed by atoms with Crippen molar-refractivity contribution in [2.24, 2.45) is 0 Å². The van der Waals surface area contributed by atoms with Crippen molar-refractivity contribution >= 4 is 51.2 Å². The lowest BCUT2D eigenvalue weighted by molar-refractivity contribution is -0.139. The van der Waals surface area contributed by atoms with Gasteiger partial charge >= 0.3 is 5.97 Å². The summed E-state index contributed by atoms with van der Waals surface area (Å²) >= 11 is 11.5. The first kappa shape index (κ1) is 29.3. The Bertz CT molecular complexity index is 1360. The molecule has 11 heteroatoms. The second-order valence-corrected chi connectivity index (χ2v) is 11.0. The highest BCUT2D eigenvalue weighted by molar-refractivity contribution is 9.10. The van der Waals surface area contributed by atoms with Gasteiger partial charge in [0.05, 0.1) is 29.9 Å². The van der Waals surface area contributed by atoms with Crippen molar-refractivity contribution in [2.75, 3.05) is 25.1 Å². The molecular formula is C28H32BrClN4O4S. The number of rotatable bonds is 12. The minimum absolute atomic E-state index is 0.346. The van der Waals surface area contributed by atoms with Crippen molar-refractivity contribution in [3.05, 3.63) is 68.3 Å². The first-order chi connectivity index (χ1) is 18.9. The molecule has 39 heavy (non-hydrogen) atoms. The number of carbonyl (C=O) groups is 1. The first-order valence-electron chi connectivity index (χ1n) is 12.9. The van der Waals surface area contributed by atoms with Crippen molar-refractivity contribution < 1.29 is 19.0 Å². The maximum atomic E-state index is 13.4. The van der Waals surface area contributed by atoms with Crippen LogP contribution >= 0.6 is 39.3 Å². The van der Waals surface area contributed by atoms with E-state index in [1.807, 2.05) is 57.2 Å². The molecule has 1 atom stereocenters. The van der Waals surface area contributed by atoms with Crippen LogP contribution in [0, 0.1) is 0 Å². The van der Waals surface area contributed by atoms with E-state index in [-0.39, 0.29) is 0 Å². The van der Waals surface area contributed by atoms with Gasteiger partial charge in [-0.2, -0.15) is 4.98 Å². The molecule has 0 bridgehead atoms. The van der Waals surface area contributed by atoms with E-state index in [1.54, 1.807) is 4.68 Å². The molecule has 0 saturated carbocycles. The Balaban J connectivity index is 1.76. The second kappa shape index (κ2) is 13.6. The molecule has 0 saturated heterocycles. The number of aromatic nitrogens is 3. The number of esters is 1. The summed E-state index contributed by atoms with van der Waals surface area (Å²) in [4.78, 5) is 18.2. The summed E-state index contributed by atoms with van der Waals surface area (Å²) in [5, 5.41) is 9.33. The Labute approximate surface area is 246 Å². The number of allylic oxidation sites excluding steroid dienone is 1. The maximum Gasteiger partial charge on any atom is 0.338 e. The number of unbranched alkanes of at least 4 members (excludes halogenated alkanes) is 1. The topological polar surface area (TPSA) is 87.5 Å². The number of thioether (sulfide) groups is 1. The summed E-state index contributed by atoms with van der Waals surface area (Å²) in [7, 11) is 0. The number of hydrogen-bond acceptors (Lipinski definition) is 8. The number of hydrogen-bond donors (Lipinski definition) is 1. The molecule has 0 spiro atoms. The van der Waals surface area contributed by atoms with E-state index < -0.39 is 12.0 Å². The van der Waals surface area contributed by atoms with Crippen LogP contribution in [0.5, 0.6) is 11.5 Å². The van der Waals surface area contributed by atoms with Gasteiger partial charge in [0.15, 0.2) is 11.5 Å². The third-order valence-electron chi connectivity index (χ3n) is 6.03. The lowest BCUT2D eigenvalue weighted by Crippen LogP contribution is -2.30. The van der Waals surface area contributed by atoms with E-state index in [0.29, 0.717) is 64.5 Å². The van der Waals surface area contributed by atoms with E-state index in [0.717, 1.165) is 28.4 Å². The zero-order valence-corrected chi connectivity index (χ0v) is 25.6. The van der Waals surface area contributed by atoms with Crippen LogP contribution in [-0.4, -0.2) is 40.6 Å². The van der Waals surface area contributed by atoms with E-state index >= 15 is 0 Å². The molecule has 0 aliphatic carbocycles. The van der Waals surface area contributed by atoms with Crippen LogP contribution < -0.4 is 14.8 Å². The zero-order chi connectivity index (χ0) is 27.9. The number of benzene rings is 2. The SMILES string of the molecule is CCCCOC(=O)C1=C(C)Nc2nc(SCc3ccccc3Cl)nn2C1c1cc(Br)c(OCC)c(OCC)c1. The molecule has 0 amide bonds. The summed E-state index contributed by atoms with van der Waals surface area (Å²) < 4.78 is 19.9. The Hall–Kier alpha value is -2.69. The van der Waals surface area contributed by atoms with Crippen LogP contribution in [0.15, 0.2) is 57.3 Å². The van der Waals surface area contributed by atoms with Gasteiger partial charge in [-0.25, -0.2) is 9.48 Å². The second-order valence-electron chi connectivity index (χ2n) is 8.79. The van der Waals surface area contributed by atoms with Gasteiger partial charge in [-0.15, -0.1) is 5.10 Å². The van der Waals surface area contributed by atoms with Gasteiger partial charge in [0, 0.05) is 16.5 Å². The molecule has 1 aliphatic heterocycles. The molecule has 2 heterocycles. The fourth-order valence-electron chi connectivity index (χ4n) is 4.20. The Morgan fingerprint density at radius 1 is 1.18 bits per heavy atom. The molecule has 0 radical (unpaired) electrons. The quantitative estimate of drug-likeness (QED) is 0.125. The van der Waals surface area contributed by atoms with Crippen LogP contribution in [0.1, 0.15) is 57.7 Å². The van der Waals surface area contributed by atoms with Gasteiger partial charge < -0.3 is 19.5 Å². The van der Waals surface area contributed by atoms with Gasteiger partial charge in [-0.3, -0.25) is 0 Å². The van der Waals surface area contributed by atoms with Crippen LogP contribution in [0.25, 0.3) is 0 Å². The number of fused-ring (bicyclic) bond motifs is 1. The van der Waals surface area contributed by atoms with Gasteiger partial charge in [-0.05, 0) is 72.4 Å². The zero-order valence-electron chi connectivity index (χ0n) is 22.4. The van der Waals surface area contributed by atoms with Gasteiger partial charge in [-0.1, -0.05) is 54.9 Å². The Morgan fingerprint density at radius 2 is 1.95 bits per heavy atom. The number of carbonyl (C=O) groups excluding carboxylic acids is 1. The molecule has 208 valence electrons. The molecular weight excluding hydrogens is 604 g/mol. The fourth-order valence-corrected chi connectivity index (χ4v) is 5.89. The van der Waals surface area contributed by atoms with Crippen molar-refractivity contribution in [3.63, 3.8) is 0 Å². The molecule has 1 aliphatic rings. The van der Waals surface area contributed by atoms with Gasteiger partial charge in [0.2, 0.25) is 11.1 Å². The Kier molecular flexibility index (Phi) is 10.2.